The molecule has 1 N–H and O–H groups in total. The summed E-state index contributed by atoms with van der Waals surface area (Å²) in [6.45, 7) is 5.79. The third-order valence-corrected chi connectivity index (χ3v) is 7.39. The Morgan fingerprint density at radius 3 is 2.74 bits per heavy atom. The van der Waals surface area contributed by atoms with E-state index in [2.05, 4.69) is 22.1 Å². The van der Waals surface area contributed by atoms with Crippen LogP contribution in [0.4, 0.5) is 5.13 Å². The van der Waals surface area contributed by atoms with Crippen molar-refractivity contribution in [2.75, 3.05) is 25.0 Å². The van der Waals surface area contributed by atoms with Gasteiger partial charge >= 0.3 is 0 Å². The number of nitrogens with zero attached hydrogens (tertiary/aromatic N) is 3. The molecule has 0 spiro atoms. The van der Waals surface area contributed by atoms with Gasteiger partial charge in [-0.1, -0.05) is 30.1 Å². The number of benzene rings is 1. The number of amides is 2. The van der Waals surface area contributed by atoms with Crippen LogP contribution in [0.2, 0.25) is 10.0 Å². The maximum Gasteiger partial charge on any atom is 0.256 e. The summed E-state index contributed by atoms with van der Waals surface area (Å²) in [7, 11) is 0. The van der Waals surface area contributed by atoms with Crippen LogP contribution < -0.4 is 5.32 Å². The van der Waals surface area contributed by atoms with E-state index in [1.807, 2.05) is 5.38 Å². The van der Waals surface area contributed by atoms with E-state index in [9.17, 15) is 9.59 Å². The summed E-state index contributed by atoms with van der Waals surface area (Å²) in [4.78, 5) is 34.5. The summed E-state index contributed by atoms with van der Waals surface area (Å²) >= 11 is 13.7. The third kappa shape index (κ3) is 5.40. The maximum atomic E-state index is 13.0. The van der Waals surface area contributed by atoms with Crippen LogP contribution in [0.1, 0.15) is 48.7 Å². The minimum atomic E-state index is -0.543. The first-order valence-electron chi connectivity index (χ1n) is 10.6. The molecule has 0 bridgehead atoms. The van der Waals surface area contributed by atoms with Crippen molar-refractivity contribution in [3.8, 4) is 0 Å². The van der Waals surface area contributed by atoms with E-state index in [1.54, 1.807) is 23.1 Å². The molecule has 1 unspecified atom stereocenters. The van der Waals surface area contributed by atoms with Crippen molar-refractivity contribution in [1.29, 1.82) is 0 Å². The molecule has 0 aliphatic carbocycles. The van der Waals surface area contributed by atoms with E-state index in [4.69, 9.17) is 23.2 Å². The molecule has 2 saturated heterocycles. The molecule has 2 amide bonds. The van der Waals surface area contributed by atoms with Gasteiger partial charge in [0.05, 0.1) is 16.3 Å². The maximum absolute atomic E-state index is 13.0. The number of carbonyl (C=O) groups excluding carboxylic acids is 2. The number of thiazole rings is 1. The molecule has 2 fully saturated rings. The third-order valence-electron chi connectivity index (χ3n) is 6.02. The molecule has 1 atom stereocenters. The van der Waals surface area contributed by atoms with Crippen LogP contribution in [0.25, 0.3) is 0 Å². The number of halogens is 2. The van der Waals surface area contributed by atoms with E-state index < -0.39 is 6.04 Å². The molecule has 9 heteroatoms. The van der Waals surface area contributed by atoms with E-state index >= 15 is 0 Å². The predicted molar refractivity (Wildman–Crippen MR) is 125 cm³/mol. The van der Waals surface area contributed by atoms with Gasteiger partial charge in [-0.05, 0) is 62.9 Å². The molecule has 2 aromatic rings. The van der Waals surface area contributed by atoms with Crippen molar-refractivity contribution in [2.45, 2.75) is 45.2 Å². The Morgan fingerprint density at radius 1 is 1.19 bits per heavy atom. The highest BCUT2D eigenvalue weighted by Gasteiger charge is 2.35. The van der Waals surface area contributed by atoms with Crippen LogP contribution >= 0.6 is 34.5 Å². The molecule has 2 aliphatic rings. The number of hydrogen-bond acceptors (Lipinski definition) is 5. The highest BCUT2D eigenvalue weighted by Crippen LogP contribution is 2.27. The quantitative estimate of drug-likeness (QED) is 0.658. The molecule has 0 radical (unpaired) electrons. The molecular weight excluding hydrogens is 455 g/mol. The first-order valence-corrected chi connectivity index (χ1v) is 12.3. The fraction of sp³-hybridized carbons (Fsp3) is 0.500. The van der Waals surface area contributed by atoms with Gasteiger partial charge in [-0.15, -0.1) is 11.3 Å². The first kappa shape index (κ1) is 22.5. The van der Waals surface area contributed by atoms with Crippen LogP contribution in [0.3, 0.4) is 0 Å². The fourth-order valence-electron chi connectivity index (χ4n) is 4.17. The lowest BCUT2D eigenvalue weighted by Crippen LogP contribution is -2.43. The number of aromatic nitrogens is 1. The average molecular weight is 481 g/mol. The number of rotatable bonds is 5. The topological polar surface area (TPSA) is 65.5 Å². The van der Waals surface area contributed by atoms with E-state index in [-0.39, 0.29) is 11.8 Å². The van der Waals surface area contributed by atoms with Crippen molar-refractivity contribution in [1.82, 2.24) is 14.8 Å². The summed E-state index contributed by atoms with van der Waals surface area (Å²) < 4.78 is 0. The molecular formula is C22H26Cl2N4O2S. The van der Waals surface area contributed by atoms with Crippen molar-refractivity contribution in [2.24, 2.45) is 5.92 Å². The summed E-state index contributed by atoms with van der Waals surface area (Å²) in [5.74, 6) is 0.307. The first-order chi connectivity index (χ1) is 14.9. The Bertz CT molecular complexity index is 959. The van der Waals surface area contributed by atoms with Gasteiger partial charge in [0.25, 0.3) is 5.91 Å². The van der Waals surface area contributed by atoms with Gasteiger partial charge in [0.2, 0.25) is 5.91 Å². The number of carbonyl (C=O) groups is 2. The van der Waals surface area contributed by atoms with Crippen LogP contribution in [0.15, 0.2) is 23.6 Å². The van der Waals surface area contributed by atoms with E-state index in [0.717, 1.165) is 37.7 Å². The predicted octanol–water partition coefficient (Wildman–Crippen LogP) is 4.93. The smallest absolute Gasteiger partial charge is 0.256 e. The molecule has 1 aromatic carbocycles. The number of hydrogen-bond donors (Lipinski definition) is 1. The van der Waals surface area contributed by atoms with Crippen molar-refractivity contribution in [3.05, 3.63) is 44.9 Å². The molecule has 31 heavy (non-hydrogen) atoms. The lowest BCUT2D eigenvalue weighted by atomic mass is 9.99. The molecule has 0 saturated carbocycles. The summed E-state index contributed by atoms with van der Waals surface area (Å²) in [6, 6.07) is 4.24. The Morgan fingerprint density at radius 2 is 1.97 bits per heavy atom. The Hall–Kier alpha value is -1.67. The molecule has 4 rings (SSSR count). The second-order valence-electron chi connectivity index (χ2n) is 8.37. The normalized spacial score (nSPS) is 20.2. The summed E-state index contributed by atoms with van der Waals surface area (Å²) in [5, 5.41) is 6.25. The highest BCUT2D eigenvalue weighted by molar-refractivity contribution is 7.13. The molecule has 6 nitrogen and oxygen atoms in total. The van der Waals surface area contributed by atoms with E-state index in [0.29, 0.717) is 33.7 Å². The SMILES string of the molecule is CC1CCN(Cc2csc(NC(=O)C3CCCN3C(=O)c3cc(Cl)ccc3Cl)n2)CC1. The number of nitrogens with one attached hydrogen (secondary N) is 1. The summed E-state index contributed by atoms with van der Waals surface area (Å²) in [6.07, 6.45) is 3.81. The number of anilines is 1. The van der Waals surface area contributed by atoms with Crippen molar-refractivity contribution >= 4 is 51.5 Å². The van der Waals surface area contributed by atoms with Gasteiger partial charge in [-0.3, -0.25) is 14.5 Å². The van der Waals surface area contributed by atoms with Gasteiger partial charge in [-0.2, -0.15) is 0 Å². The molecule has 166 valence electrons. The minimum absolute atomic E-state index is 0.211. The average Bonchev–Trinajstić information content (AvgIpc) is 3.41. The zero-order valence-corrected chi connectivity index (χ0v) is 19.8. The van der Waals surface area contributed by atoms with Gasteiger partial charge in [-0.25, -0.2) is 4.98 Å². The zero-order chi connectivity index (χ0) is 22.0. The van der Waals surface area contributed by atoms with Crippen LogP contribution in [-0.4, -0.2) is 52.3 Å². The summed E-state index contributed by atoms with van der Waals surface area (Å²) in [5.41, 5.74) is 1.29. The van der Waals surface area contributed by atoms with Gasteiger partial charge in [0, 0.05) is 23.5 Å². The second-order valence-corrected chi connectivity index (χ2v) is 10.1. The molecule has 1 aromatic heterocycles. The van der Waals surface area contributed by atoms with Crippen molar-refractivity contribution in [3.63, 3.8) is 0 Å². The van der Waals surface area contributed by atoms with Gasteiger partial charge < -0.3 is 10.2 Å². The highest BCUT2D eigenvalue weighted by atomic mass is 35.5. The fourth-order valence-corrected chi connectivity index (χ4v) is 5.25. The van der Waals surface area contributed by atoms with Gasteiger partial charge in [0.1, 0.15) is 6.04 Å². The standard InChI is InChI=1S/C22H26Cl2N4O2S/c1-14-6-9-27(10-7-14)12-16-13-31-22(25-16)26-20(29)19-3-2-8-28(19)21(30)17-11-15(23)4-5-18(17)24/h4-5,11,13-14,19H,2-3,6-10,12H2,1H3,(H,25,26,29). The molecule has 2 aliphatic heterocycles. The number of likely N-dealkylation sites (tertiary alicyclic amines) is 2. The Labute approximate surface area is 196 Å². The Balaban J connectivity index is 1.38. The monoisotopic (exact) mass is 480 g/mol. The lowest BCUT2D eigenvalue weighted by Gasteiger charge is -2.29. The Kier molecular flexibility index (Phi) is 7.16. The van der Waals surface area contributed by atoms with Crippen LogP contribution in [0.5, 0.6) is 0 Å². The second kappa shape index (κ2) is 9.86. The van der Waals surface area contributed by atoms with E-state index in [1.165, 1.54) is 24.2 Å². The zero-order valence-electron chi connectivity index (χ0n) is 17.4. The van der Waals surface area contributed by atoms with Crippen molar-refractivity contribution < 1.29 is 9.59 Å². The van der Waals surface area contributed by atoms with Crippen LogP contribution in [0, 0.1) is 5.92 Å². The number of piperidine rings is 1. The lowest BCUT2D eigenvalue weighted by molar-refractivity contribution is -0.119. The van der Waals surface area contributed by atoms with Gasteiger partial charge in [0.15, 0.2) is 5.13 Å². The largest absolute Gasteiger partial charge is 0.327 e. The van der Waals surface area contributed by atoms with Crippen LogP contribution in [-0.2, 0) is 11.3 Å². The molecule has 3 heterocycles. The minimum Gasteiger partial charge on any atom is -0.327 e.